The summed E-state index contributed by atoms with van der Waals surface area (Å²) in [6.07, 6.45) is 8.33. The molecule has 0 amide bonds. The Morgan fingerprint density at radius 3 is 2.71 bits per heavy atom. The minimum Gasteiger partial charge on any atom is -0.312 e. The van der Waals surface area contributed by atoms with Crippen molar-refractivity contribution in [3.05, 3.63) is 29.6 Å². The number of aryl methyl sites for hydroxylation is 1. The van der Waals surface area contributed by atoms with Gasteiger partial charge in [0.2, 0.25) is 0 Å². The molecule has 1 unspecified atom stereocenters. The van der Waals surface area contributed by atoms with Gasteiger partial charge in [-0.3, -0.25) is 4.98 Å². The van der Waals surface area contributed by atoms with Crippen LogP contribution in [0.3, 0.4) is 0 Å². The molecule has 1 atom stereocenters. The molecule has 2 nitrogen and oxygen atoms in total. The highest BCUT2D eigenvalue weighted by atomic mass is 14.9. The van der Waals surface area contributed by atoms with Gasteiger partial charge in [-0.25, -0.2) is 0 Å². The minimum atomic E-state index is 0.429. The molecule has 0 radical (unpaired) electrons. The summed E-state index contributed by atoms with van der Waals surface area (Å²) in [7, 11) is 2.05. The van der Waals surface area contributed by atoms with Gasteiger partial charge in [0.1, 0.15) is 0 Å². The van der Waals surface area contributed by atoms with Crippen molar-refractivity contribution in [3.8, 4) is 0 Å². The lowest BCUT2D eigenvalue weighted by Crippen LogP contribution is -2.22. The number of rotatable bonds is 4. The van der Waals surface area contributed by atoms with E-state index in [2.05, 4.69) is 42.5 Å². The number of hydrogen-bond donors (Lipinski definition) is 1. The molecule has 94 valence electrons. The highest BCUT2D eigenvalue weighted by molar-refractivity contribution is 5.13. The van der Waals surface area contributed by atoms with E-state index in [0.717, 1.165) is 11.6 Å². The summed E-state index contributed by atoms with van der Waals surface area (Å²) in [4.78, 5) is 4.65. The Kier molecular flexibility index (Phi) is 4.55. The number of aromatic nitrogens is 1. The maximum atomic E-state index is 4.65. The van der Waals surface area contributed by atoms with Gasteiger partial charge >= 0.3 is 0 Å². The van der Waals surface area contributed by atoms with E-state index in [4.69, 9.17) is 0 Å². The minimum absolute atomic E-state index is 0.429. The molecule has 1 fully saturated rings. The summed E-state index contributed by atoms with van der Waals surface area (Å²) >= 11 is 0. The van der Waals surface area contributed by atoms with Crippen LogP contribution in [0.2, 0.25) is 0 Å². The number of nitrogens with one attached hydrogen (secondary N) is 1. The zero-order valence-corrected chi connectivity index (χ0v) is 11.1. The van der Waals surface area contributed by atoms with Crippen molar-refractivity contribution >= 4 is 0 Å². The van der Waals surface area contributed by atoms with Gasteiger partial charge in [0.05, 0.1) is 5.69 Å². The van der Waals surface area contributed by atoms with E-state index in [1.165, 1.54) is 44.2 Å². The van der Waals surface area contributed by atoms with Crippen LogP contribution < -0.4 is 5.32 Å². The van der Waals surface area contributed by atoms with Crippen LogP contribution in [-0.2, 0) is 0 Å². The molecule has 1 heterocycles. The second-order valence-electron chi connectivity index (χ2n) is 5.28. The lowest BCUT2D eigenvalue weighted by molar-refractivity contribution is 0.303. The highest BCUT2D eigenvalue weighted by Gasteiger charge is 2.19. The molecule has 0 aromatic carbocycles. The smallest absolute Gasteiger partial charge is 0.0576 e. The molecule has 2 rings (SSSR count). The molecule has 1 aliphatic rings. The third kappa shape index (κ3) is 3.53. The van der Waals surface area contributed by atoms with Gasteiger partial charge in [0.25, 0.3) is 0 Å². The van der Waals surface area contributed by atoms with Gasteiger partial charge in [0, 0.05) is 11.7 Å². The monoisotopic (exact) mass is 232 g/mol. The Morgan fingerprint density at radius 1 is 1.29 bits per heavy atom. The van der Waals surface area contributed by atoms with E-state index >= 15 is 0 Å². The molecule has 1 aromatic rings. The average molecular weight is 232 g/mol. The first-order chi connectivity index (χ1) is 8.29. The molecule has 0 bridgehead atoms. The number of nitrogens with zero attached hydrogens (tertiary/aromatic N) is 1. The van der Waals surface area contributed by atoms with Gasteiger partial charge in [-0.05, 0) is 38.4 Å². The molecule has 1 saturated carbocycles. The SMILES string of the molecule is CNC(CC1CCCCC1)c1cccc(C)n1. The number of pyridine rings is 1. The fourth-order valence-corrected chi connectivity index (χ4v) is 2.90. The second kappa shape index (κ2) is 6.15. The normalized spacial score (nSPS) is 19.2. The maximum Gasteiger partial charge on any atom is 0.0576 e. The van der Waals surface area contributed by atoms with E-state index in [9.17, 15) is 0 Å². The first-order valence-corrected chi connectivity index (χ1v) is 6.90. The van der Waals surface area contributed by atoms with Crippen LogP contribution in [0.15, 0.2) is 18.2 Å². The summed E-state index contributed by atoms with van der Waals surface area (Å²) in [5.74, 6) is 0.892. The van der Waals surface area contributed by atoms with Gasteiger partial charge in [-0.1, -0.05) is 38.2 Å². The van der Waals surface area contributed by atoms with E-state index < -0.39 is 0 Å². The molecule has 0 aliphatic heterocycles. The Hall–Kier alpha value is -0.890. The lowest BCUT2D eigenvalue weighted by atomic mass is 9.84. The summed E-state index contributed by atoms with van der Waals surface area (Å²) < 4.78 is 0. The quantitative estimate of drug-likeness (QED) is 0.857. The molecule has 17 heavy (non-hydrogen) atoms. The zero-order chi connectivity index (χ0) is 12.1. The number of hydrogen-bond acceptors (Lipinski definition) is 2. The Labute approximate surface area is 105 Å². The largest absolute Gasteiger partial charge is 0.312 e. The fraction of sp³-hybridized carbons (Fsp3) is 0.667. The third-order valence-electron chi connectivity index (χ3n) is 3.91. The van der Waals surface area contributed by atoms with Gasteiger partial charge in [0.15, 0.2) is 0 Å². The molecular weight excluding hydrogens is 208 g/mol. The van der Waals surface area contributed by atoms with Gasteiger partial charge in [-0.2, -0.15) is 0 Å². The van der Waals surface area contributed by atoms with E-state index in [-0.39, 0.29) is 0 Å². The van der Waals surface area contributed by atoms with Crippen molar-refractivity contribution in [1.29, 1.82) is 0 Å². The van der Waals surface area contributed by atoms with Gasteiger partial charge in [-0.15, -0.1) is 0 Å². The van der Waals surface area contributed by atoms with Crippen LogP contribution in [0, 0.1) is 12.8 Å². The molecule has 1 N–H and O–H groups in total. The third-order valence-corrected chi connectivity index (χ3v) is 3.91. The van der Waals surface area contributed by atoms with Crippen molar-refractivity contribution < 1.29 is 0 Å². The van der Waals surface area contributed by atoms with Crippen LogP contribution >= 0.6 is 0 Å². The average Bonchev–Trinajstić information content (AvgIpc) is 2.37. The highest BCUT2D eigenvalue weighted by Crippen LogP contribution is 2.31. The second-order valence-corrected chi connectivity index (χ2v) is 5.28. The van der Waals surface area contributed by atoms with Crippen molar-refractivity contribution in [2.24, 2.45) is 5.92 Å². The molecule has 1 aromatic heterocycles. The van der Waals surface area contributed by atoms with Crippen molar-refractivity contribution in [2.75, 3.05) is 7.05 Å². The molecule has 1 aliphatic carbocycles. The molecular formula is C15H24N2. The van der Waals surface area contributed by atoms with Gasteiger partial charge < -0.3 is 5.32 Å². The van der Waals surface area contributed by atoms with E-state index in [1.54, 1.807) is 0 Å². The van der Waals surface area contributed by atoms with Crippen LogP contribution in [0.4, 0.5) is 0 Å². The summed E-state index contributed by atoms with van der Waals surface area (Å²) in [6.45, 7) is 2.07. The van der Waals surface area contributed by atoms with E-state index in [1.807, 2.05) is 0 Å². The first kappa shape index (κ1) is 12.6. The lowest BCUT2D eigenvalue weighted by Gasteiger charge is -2.26. The maximum absolute atomic E-state index is 4.65. The fourth-order valence-electron chi connectivity index (χ4n) is 2.90. The first-order valence-electron chi connectivity index (χ1n) is 6.90. The Bertz CT molecular complexity index is 343. The van der Waals surface area contributed by atoms with Crippen molar-refractivity contribution in [3.63, 3.8) is 0 Å². The van der Waals surface area contributed by atoms with Crippen molar-refractivity contribution in [2.45, 2.75) is 51.5 Å². The van der Waals surface area contributed by atoms with Crippen LogP contribution in [0.5, 0.6) is 0 Å². The molecule has 0 spiro atoms. The summed E-state index contributed by atoms with van der Waals surface area (Å²) in [5.41, 5.74) is 2.32. The Balaban J connectivity index is 2.00. The van der Waals surface area contributed by atoms with Crippen LogP contribution in [0.1, 0.15) is 56.0 Å². The molecule has 0 saturated heterocycles. The van der Waals surface area contributed by atoms with Crippen LogP contribution in [-0.4, -0.2) is 12.0 Å². The summed E-state index contributed by atoms with van der Waals surface area (Å²) in [6, 6.07) is 6.76. The predicted octanol–water partition coefficient (Wildman–Crippen LogP) is 3.62. The zero-order valence-electron chi connectivity index (χ0n) is 11.1. The standard InChI is InChI=1S/C15H24N2/c1-12-7-6-10-14(17-12)15(16-2)11-13-8-4-3-5-9-13/h6-7,10,13,15-16H,3-5,8-9,11H2,1-2H3. The van der Waals surface area contributed by atoms with Crippen LogP contribution in [0.25, 0.3) is 0 Å². The Morgan fingerprint density at radius 2 is 2.06 bits per heavy atom. The topological polar surface area (TPSA) is 24.9 Å². The summed E-state index contributed by atoms with van der Waals surface area (Å²) in [5, 5.41) is 3.43. The van der Waals surface area contributed by atoms with E-state index in [0.29, 0.717) is 6.04 Å². The predicted molar refractivity (Wildman–Crippen MR) is 72.0 cm³/mol. The van der Waals surface area contributed by atoms with Crippen molar-refractivity contribution in [1.82, 2.24) is 10.3 Å². The molecule has 2 heteroatoms.